The van der Waals surface area contributed by atoms with E-state index in [0.717, 1.165) is 5.56 Å². The van der Waals surface area contributed by atoms with E-state index < -0.39 is 0 Å². The highest BCUT2D eigenvalue weighted by molar-refractivity contribution is 6.33. The molecular formula is C18H19Cl2N3O2. The van der Waals surface area contributed by atoms with Gasteiger partial charge in [-0.15, -0.1) is 0 Å². The minimum atomic E-state index is -0.243. The van der Waals surface area contributed by atoms with Gasteiger partial charge in [0.25, 0.3) is 0 Å². The van der Waals surface area contributed by atoms with Gasteiger partial charge in [-0.25, -0.2) is 0 Å². The van der Waals surface area contributed by atoms with Crippen molar-refractivity contribution in [2.24, 2.45) is 0 Å². The van der Waals surface area contributed by atoms with Crippen molar-refractivity contribution in [1.29, 1.82) is 0 Å². The fourth-order valence-corrected chi connectivity index (χ4v) is 2.60. The zero-order valence-electron chi connectivity index (χ0n) is 14.0. The van der Waals surface area contributed by atoms with Crippen molar-refractivity contribution in [2.75, 3.05) is 30.8 Å². The summed E-state index contributed by atoms with van der Waals surface area (Å²) in [5.41, 5.74) is 2.22. The average molecular weight is 380 g/mol. The lowest BCUT2D eigenvalue weighted by atomic mass is 10.2. The summed E-state index contributed by atoms with van der Waals surface area (Å²) in [5.74, 6) is -0.460. The molecule has 0 saturated heterocycles. The maximum absolute atomic E-state index is 12.1. The van der Waals surface area contributed by atoms with Crippen LogP contribution in [0, 0.1) is 6.92 Å². The van der Waals surface area contributed by atoms with Crippen LogP contribution in [-0.2, 0) is 9.59 Å². The van der Waals surface area contributed by atoms with Gasteiger partial charge in [-0.1, -0.05) is 29.3 Å². The predicted molar refractivity (Wildman–Crippen MR) is 102 cm³/mol. The first-order valence-corrected chi connectivity index (χ1v) is 8.39. The second-order valence-electron chi connectivity index (χ2n) is 5.76. The standard InChI is InChI=1S/C18H19Cl2N3O2/c1-12-3-8-16(15(20)9-12)22-18(25)11-23(2)10-17(24)21-14-6-4-13(19)5-7-14/h3-9H,10-11H2,1-2H3,(H,21,24)(H,22,25). The Bertz CT molecular complexity index is 763. The third kappa shape index (κ3) is 6.38. The molecule has 0 unspecified atom stereocenters. The van der Waals surface area contributed by atoms with Crippen molar-refractivity contribution in [3.05, 3.63) is 58.1 Å². The van der Waals surface area contributed by atoms with Gasteiger partial charge in [-0.3, -0.25) is 14.5 Å². The summed E-state index contributed by atoms with van der Waals surface area (Å²) in [5, 5.41) is 6.57. The van der Waals surface area contributed by atoms with E-state index in [0.29, 0.717) is 21.4 Å². The topological polar surface area (TPSA) is 61.4 Å². The molecule has 0 bridgehead atoms. The average Bonchev–Trinajstić information content (AvgIpc) is 2.52. The van der Waals surface area contributed by atoms with Gasteiger partial charge in [0.15, 0.2) is 0 Å². The molecule has 0 aliphatic carbocycles. The van der Waals surface area contributed by atoms with Crippen LogP contribution in [0.25, 0.3) is 0 Å². The molecule has 2 aromatic carbocycles. The van der Waals surface area contributed by atoms with Gasteiger partial charge in [-0.2, -0.15) is 0 Å². The first-order valence-electron chi connectivity index (χ1n) is 7.63. The van der Waals surface area contributed by atoms with Crippen molar-refractivity contribution in [2.45, 2.75) is 6.92 Å². The second-order valence-corrected chi connectivity index (χ2v) is 6.60. The van der Waals surface area contributed by atoms with E-state index in [1.807, 2.05) is 13.0 Å². The molecule has 0 aliphatic rings. The summed E-state index contributed by atoms with van der Waals surface area (Å²) in [6, 6.07) is 12.2. The van der Waals surface area contributed by atoms with Crippen LogP contribution in [0.1, 0.15) is 5.56 Å². The molecular weight excluding hydrogens is 361 g/mol. The molecule has 2 rings (SSSR count). The van der Waals surface area contributed by atoms with Gasteiger partial charge in [0.2, 0.25) is 11.8 Å². The van der Waals surface area contributed by atoms with Crippen LogP contribution in [0.15, 0.2) is 42.5 Å². The SMILES string of the molecule is Cc1ccc(NC(=O)CN(C)CC(=O)Nc2ccc(Cl)cc2)c(Cl)c1. The number of likely N-dealkylation sites (N-methyl/N-ethyl adjacent to an activating group) is 1. The Morgan fingerprint density at radius 3 is 2.16 bits per heavy atom. The normalized spacial score (nSPS) is 10.6. The van der Waals surface area contributed by atoms with E-state index in [1.165, 1.54) is 0 Å². The number of nitrogens with zero attached hydrogens (tertiary/aromatic N) is 1. The number of benzene rings is 2. The fraction of sp³-hybridized carbons (Fsp3) is 0.222. The molecule has 0 atom stereocenters. The molecule has 2 aromatic rings. The summed E-state index contributed by atoms with van der Waals surface area (Å²) in [4.78, 5) is 25.7. The Hall–Kier alpha value is -2.08. The Balaban J connectivity index is 1.82. The maximum atomic E-state index is 12.1. The van der Waals surface area contributed by atoms with E-state index in [1.54, 1.807) is 48.3 Å². The lowest BCUT2D eigenvalue weighted by Crippen LogP contribution is -2.36. The number of anilines is 2. The molecule has 5 nitrogen and oxygen atoms in total. The number of rotatable bonds is 6. The monoisotopic (exact) mass is 379 g/mol. The number of halogens is 2. The lowest BCUT2D eigenvalue weighted by Gasteiger charge is -2.16. The highest BCUT2D eigenvalue weighted by atomic mass is 35.5. The van der Waals surface area contributed by atoms with E-state index >= 15 is 0 Å². The van der Waals surface area contributed by atoms with Crippen molar-refractivity contribution in [3.63, 3.8) is 0 Å². The van der Waals surface area contributed by atoms with Crippen LogP contribution >= 0.6 is 23.2 Å². The molecule has 0 saturated carbocycles. The summed E-state index contributed by atoms with van der Waals surface area (Å²) in [6.07, 6.45) is 0. The predicted octanol–water partition coefficient (Wildman–Crippen LogP) is 3.81. The van der Waals surface area contributed by atoms with Crippen LogP contribution in [0.3, 0.4) is 0 Å². The van der Waals surface area contributed by atoms with E-state index in [-0.39, 0.29) is 24.9 Å². The molecule has 2 amide bonds. The summed E-state index contributed by atoms with van der Waals surface area (Å²) in [7, 11) is 1.69. The Labute approximate surface area is 156 Å². The molecule has 0 radical (unpaired) electrons. The number of hydrogen-bond acceptors (Lipinski definition) is 3. The summed E-state index contributed by atoms with van der Waals surface area (Å²) < 4.78 is 0. The third-order valence-electron chi connectivity index (χ3n) is 3.35. The van der Waals surface area contributed by atoms with Gasteiger partial charge in [-0.05, 0) is 55.9 Å². The van der Waals surface area contributed by atoms with Crippen molar-refractivity contribution < 1.29 is 9.59 Å². The van der Waals surface area contributed by atoms with Crippen LogP contribution in [0.2, 0.25) is 10.0 Å². The van der Waals surface area contributed by atoms with Crippen molar-refractivity contribution >= 4 is 46.4 Å². The highest BCUT2D eigenvalue weighted by Gasteiger charge is 2.12. The number of aryl methyl sites for hydroxylation is 1. The minimum absolute atomic E-state index is 0.0677. The molecule has 132 valence electrons. The summed E-state index contributed by atoms with van der Waals surface area (Å²) in [6.45, 7) is 2.07. The Kier molecular flexibility index (Phi) is 6.82. The smallest absolute Gasteiger partial charge is 0.238 e. The van der Waals surface area contributed by atoms with Crippen LogP contribution in [-0.4, -0.2) is 36.9 Å². The number of amides is 2. The van der Waals surface area contributed by atoms with Crippen molar-refractivity contribution in [1.82, 2.24) is 4.90 Å². The maximum Gasteiger partial charge on any atom is 0.238 e. The van der Waals surface area contributed by atoms with Crippen LogP contribution in [0.5, 0.6) is 0 Å². The van der Waals surface area contributed by atoms with Crippen LogP contribution < -0.4 is 10.6 Å². The molecule has 0 heterocycles. The molecule has 7 heteroatoms. The van der Waals surface area contributed by atoms with Crippen molar-refractivity contribution in [3.8, 4) is 0 Å². The largest absolute Gasteiger partial charge is 0.325 e. The fourth-order valence-electron chi connectivity index (χ4n) is 2.19. The number of carbonyl (C=O) groups is 2. The number of carbonyl (C=O) groups excluding carboxylic acids is 2. The molecule has 2 N–H and O–H groups in total. The van der Waals surface area contributed by atoms with Gasteiger partial charge in [0.1, 0.15) is 0 Å². The zero-order chi connectivity index (χ0) is 18.4. The summed E-state index contributed by atoms with van der Waals surface area (Å²) >= 11 is 11.9. The molecule has 0 fully saturated rings. The molecule has 0 aromatic heterocycles. The third-order valence-corrected chi connectivity index (χ3v) is 3.92. The van der Waals surface area contributed by atoms with E-state index in [4.69, 9.17) is 23.2 Å². The first kappa shape index (κ1) is 19.2. The van der Waals surface area contributed by atoms with Gasteiger partial charge in [0.05, 0.1) is 23.8 Å². The number of hydrogen-bond donors (Lipinski definition) is 2. The Morgan fingerprint density at radius 1 is 0.960 bits per heavy atom. The first-order chi connectivity index (χ1) is 11.8. The molecule has 0 spiro atoms. The van der Waals surface area contributed by atoms with E-state index in [9.17, 15) is 9.59 Å². The van der Waals surface area contributed by atoms with E-state index in [2.05, 4.69) is 10.6 Å². The van der Waals surface area contributed by atoms with Gasteiger partial charge >= 0.3 is 0 Å². The second kappa shape index (κ2) is 8.85. The Morgan fingerprint density at radius 2 is 1.56 bits per heavy atom. The highest BCUT2D eigenvalue weighted by Crippen LogP contribution is 2.22. The molecule has 0 aliphatic heterocycles. The quantitative estimate of drug-likeness (QED) is 0.801. The van der Waals surface area contributed by atoms with Gasteiger partial charge in [0, 0.05) is 10.7 Å². The molecule has 25 heavy (non-hydrogen) atoms. The van der Waals surface area contributed by atoms with Gasteiger partial charge < -0.3 is 10.6 Å². The minimum Gasteiger partial charge on any atom is -0.325 e. The zero-order valence-corrected chi connectivity index (χ0v) is 15.5. The van der Waals surface area contributed by atoms with Crippen LogP contribution in [0.4, 0.5) is 11.4 Å². The number of nitrogens with one attached hydrogen (secondary N) is 2. The lowest BCUT2D eigenvalue weighted by molar-refractivity contribution is -0.119.